The predicted octanol–water partition coefficient (Wildman–Crippen LogP) is 4.00. The number of halogens is 1. The Morgan fingerprint density at radius 1 is 1.24 bits per heavy atom. The zero-order valence-corrected chi connectivity index (χ0v) is 12.7. The summed E-state index contributed by atoms with van der Waals surface area (Å²) in [5.41, 5.74) is 3.03. The molecule has 0 bridgehead atoms. The average Bonchev–Trinajstić information content (AvgIpc) is 2.86. The van der Waals surface area contributed by atoms with E-state index in [2.05, 4.69) is 26.8 Å². The molecule has 5 heteroatoms. The van der Waals surface area contributed by atoms with Gasteiger partial charge in [0, 0.05) is 29.0 Å². The molecule has 1 saturated heterocycles. The third-order valence-corrected chi connectivity index (χ3v) is 4.64. The topological polar surface area (TPSA) is 44.8 Å². The number of H-pyrrole nitrogens is 1. The molecule has 3 heterocycles. The van der Waals surface area contributed by atoms with E-state index >= 15 is 0 Å². The summed E-state index contributed by atoms with van der Waals surface area (Å²) in [6.45, 7) is 4.44. The maximum atomic E-state index is 6.11. The number of anilines is 1. The maximum absolute atomic E-state index is 6.11. The van der Waals surface area contributed by atoms with Gasteiger partial charge in [-0.25, -0.2) is 9.97 Å². The van der Waals surface area contributed by atoms with Crippen LogP contribution in [-0.2, 0) is 0 Å². The quantitative estimate of drug-likeness (QED) is 0.739. The highest BCUT2D eigenvalue weighted by Crippen LogP contribution is 2.32. The monoisotopic (exact) mass is 300 g/mol. The van der Waals surface area contributed by atoms with Crippen LogP contribution < -0.4 is 4.90 Å². The molecule has 1 N–H and O–H groups in total. The standard InChI is InChI=1S/C16H17ClN4/c1-10-4-6-21(7-5-10)16-15-14(18-9-19-16)12-8-11(17)2-3-13(12)20-15/h2-3,8-10,20H,4-7H2,1H3. The van der Waals surface area contributed by atoms with Crippen LogP contribution in [0.3, 0.4) is 0 Å². The van der Waals surface area contributed by atoms with Crippen molar-refractivity contribution in [3.05, 3.63) is 29.5 Å². The average molecular weight is 301 g/mol. The van der Waals surface area contributed by atoms with E-state index in [1.807, 2.05) is 18.2 Å². The number of aromatic amines is 1. The van der Waals surface area contributed by atoms with E-state index in [9.17, 15) is 0 Å². The fourth-order valence-electron chi connectivity index (χ4n) is 3.11. The van der Waals surface area contributed by atoms with Gasteiger partial charge in [0.2, 0.25) is 0 Å². The van der Waals surface area contributed by atoms with Gasteiger partial charge in [-0.2, -0.15) is 0 Å². The Kier molecular flexibility index (Phi) is 3.00. The number of hydrogen-bond acceptors (Lipinski definition) is 3. The highest BCUT2D eigenvalue weighted by atomic mass is 35.5. The first-order valence-electron chi connectivity index (χ1n) is 7.39. The molecule has 0 amide bonds. The van der Waals surface area contributed by atoms with Crippen molar-refractivity contribution in [2.45, 2.75) is 19.8 Å². The van der Waals surface area contributed by atoms with Crippen LogP contribution in [0.25, 0.3) is 21.9 Å². The van der Waals surface area contributed by atoms with Crippen LogP contribution in [0.4, 0.5) is 5.82 Å². The second-order valence-electron chi connectivity index (χ2n) is 5.91. The van der Waals surface area contributed by atoms with E-state index in [0.29, 0.717) is 0 Å². The van der Waals surface area contributed by atoms with Crippen molar-refractivity contribution in [3.8, 4) is 0 Å². The molecule has 4 rings (SSSR count). The third kappa shape index (κ3) is 2.14. The minimum absolute atomic E-state index is 0.732. The van der Waals surface area contributed by atoms with Gasteiger partial charge in [-0.05, 0) is 37.0 Å². The predicted molar refractivity (Wildman–Crippen MR) is 87.0 cm³/mol. The van der Waals surface area contributed by atoms with Crippen LogP contribution in [0, 0.1) is 5.92 Å². The Balaban J connectivity index is 1.88. The van der Waals surface area contributed by atoms with Crippen LogP contribution in [0.2, 0.25) is 5.02 Å². The first kappa shape index (κ1) is 12.9. The Morgan fingerprint density at radius 3 is 2.86 bits per heavy atom. The molecule has 0 saturated carbocycles. The lowest BCUT2D eigenvalue weighted by atomic mass is 9.99. The summed E-state index contributed by atoms with van der Waals surface area (Å²) in [7, 11) is 0. The zero-order chi connectivity index (χ0) is 14.4. The molecular formula is C16H17ClN4. The van der Waals surface area contributed by atoms with Gasteiger partial charge in [0.25, 0.3) is 0 Å². The van der Waals surface area contributed by atoms with Crippen molar-refractivity contribution < 1.29 is 0 Å². The van der Waals surface area contributed by atoms with E-state index in [4.69, 9.17) is 11.6 Å². The Bertz CT molecular complexity index is 802. The van der Waals surface area contributed by atoms with Gasteiger partial charge in [-0.15, -0.1) is 0 Å². The van der Waals surface area contributed by atoms with Gasteiger partial charge < -0.3 is 9.88 Å². The Hall–Kier alpha value is -1.81. The molecule has 108 valence electrons. The number of hydrogen-bond donors (Lipinski definition) is 1. The van der Waals surface area contributed by atoms with Gasteiger partial charge >= 0.3 is 0 Å². The Labute approximate surface area is 128 Å². The molecule has 1 aromatic carbocycles. The first-order chi connectivity index (χ1) is 10.2. The number of fused-ring (bicyclic) bond motifs is 3. The van der Waals surface area contributed by atoms with E-state index < -0.39 is 0 Å². The number of aromatic nitrogens is 3. The molecule has 1 fully saturated rings. The lowest BCUT2D eigenvalue weighted by Gasteiger charge is -2.31. The molecule has 0 atom stereocenters. The van der Waals surface area contributed by atoms with Gasteiger partial charge in [0.1, 0.15) is 17.4 Å². The molecule has 21 heavy (non-hydrogen) atoms. The van der Waals surface area contributed by atoms with Crippen molar-refractivity contribution in [3.63, 3.8) is 0 Å². The molecule has 0 radical (unpaired) electrons. The Morgan fingerprint density at radius 2 is 2.05 bits per heavy atom. The second-order valence-corrected chi connectivity index (χ2v) is 6.34. The van der Waals surface area contributed by atoms with Crippen LogP contribution in [0.5, 0.6) is 0 Å². The summed E-state index contributed by atoms with van der Waals surface area (Å²) in [5.74, 6) is 1.82. The largest absolute Gasteiger partial charge is 0.355 e. The van der Waals surface area contributed by atoms with E-state index in [1.54, 1.807) is 6.33 Å². The van der Waals surface area contributed by atoms with Crippen molar-refractivity contribution >= 4 is 39.4 Å². The highest BCUT2D eigenvalue weighted by molar-refractivity contribution is 6.31. The summed E-state index contributed by atoms with van der Waals surface area (Å²) in [4.78, 5) is 14.8. The van der Waals surface area contributed by atoms with Crippen molar-refractivity contribution in [2.75, 3.05) is 18.0 Å². The van der Waals surface area contributed by atoms with Crippen molar-refractivity contribution in [1.82, 2.24) is 15.0 Å². The van der Waals surface area contributed by atoms with Crippen molar-refractivity contribution in [1.29, 1.82) is 0 Å². The molecule has 1 aliphatic heterocycles. The summed E-state index contributed by atoms with van der Waals surface area (Å²) >= 11 is 6.11. The van der Waals surface area contributed by atoms with E-state index in [0.717, 1.165) is 51.8 Å². The number of piperidine rings is 1. The summed E-state index contributed by atoms with van der Waals surface area (Å²) < 4.78 is 0. The van der Waals surface area contributed by atoms with E-state index in [1.165, 1.54) is 12.8 Å². The third-order valence-electron chi connectivity index (χ3n) is 4.41. The summed E-state index contributed by atoms with van der Waals surface area (Å²) in [5, 5.41) is 1.79. The zero-order valence-electron chi connectivity index (χ0n) is 11.9. The smallest absolute Gasteiger partial charge is 0.156 e. The van der Waals surface area contributed by atoms with Crippen LogP contribution >= 0.6 is 11.6 Å². The SMILES string of the molecule is CC1CCN(c2ncnc3c2[nH]c2ccc(Cl)cc23)CC1. The first-order valence-corrected chi connectivity index (χ1v) is 7.77. The van der Waals surface area contributed by atoms with Crippen LogP contribution in [0.1, 0.15) is 19.8 Å². The van der Waals surface area contributed by atoms with Crippen molar-refractivity contribution in [2.24, 2.45) is 5.92 Å². The summed E-state index contributed by atoms with van der Waals surface area (Å²) in [6.07, 6.45) is 4.10. The number of nitrogens with zero attached hydrogens (tertiary/aromatic N) is 3. The summed E-state index contributed by atoms with van der Waals surface area (Å²) in [6, 6.07) is 5.86. The van der Waals surface area contributed by atoms with Gasteiger partial charge in [0.05, 0.1) is 0 Å². The van der Waals surface area contributed by atoms with Gasteiger partial charge in [-0.1, -0.05) is 18.5 Å². The van der Waals surface area contributed by atoms with Gasteiger partial charge in [0.15, 0.2) is 5.82 Å². The fourth-order valence-corrected chi connectivity index (χ4v) is 3.28. The van der Waals surface area contributed by atoms with Gasteiger partial charge in [-0.3, -0.25) is 0 Å². The molecule has 1 aliphatic rings. The molecule has 0 spiro atoms. The lowest BCUT2D eigenvalue weighted by Crippen LogP contribution is -2.33. The minimum atomic E-state index is 0.732. The number of rotatable bonds is 1. The maximum Gasteiger partial charge on any atom is 0.156 e. The number of nitrogens with one attached hydrogen (secondary N) is 1. The normalized spacial score (nSPS) is 17.0. The molecular weight excluding hydrogens is 284 g/mol. The second kappa shape index (κ2) is 4.88. The molecule has 0 unspecified atom stereocenters. The molecule has 3 aromatic rings. The lowest BCUT2D eigenvalue weighted by molar-refractivity contribution is 0.437. The minimum Gasteiger partial charge on any atom is -0.355 e. The molecule has 4 nitrogen and oxygen atoms in total. The van der Waals surface area contributed by atoms with Crippen LogP contribution in [0.15, 0.2) is 24.5 Å². The highest BCUT2D eigenvalue weighted by Gasteiger charge is 2.20. The number of benzene rings is 1. The van der Waals surface area contributed by atoms with Crippen LogP contribution in [-0.4, -0.2) is 28.0 Å². The fraction of sp³-hybridized carbons (Fsp3) is 0.375. The molecule has 2 aromatic heterocycles. The van der Waals surface area contributed by atoms with E-state index in [-0.39, 0.29) is 0 Å². The molecule has 0 aliphatic carbocycles.